The van der Waals surface area contributed by atoms with Crippen molar-refractivity contribution >= 4 is 23.1 Å². The van der Waals surface area contributed by atoms with Gasteiger partial charge in [-0.1, -0.05) is 29.8 Å². The highest BCUT2D eigenvalue weighted by atomic mass is 32.2. The SMILES string of the molecule is Cc1cccc(CN2CCSc3ccc(N)cc32)c1. The molecule has 0 saturated heterocycles. The second-order valence-electron chi connectivity index (χ2n) is 4.99. The van der Waals surface area contributed by atoms with E-state index in [1.807, 2.05) is 17.8 Å². The van der Waals surface area contributed by atoms with Crippen molar-refractivity contribution in [3.63, 3.8) is 0 Å². The van der Waals surface area contributed by atoms with Gasteiger partial charge in [0, 0.05) is 29.4 Å². The van der Waals surface area contributed by atoms with Gasteiger partial charge in [-0.3, -0.25) is 0 Å². The Labute approximate surface area is 118 Å². The lowest BCUT2D eigenvalue weighted by atomic mass is 10.1. The van der Waals surface area contributed by atoms with E-state index in [9.17, 15) is 0 Å². The van der Waals surface area contributed by atoms with Crippen LogP contribution in [-0.2, 0) is 6.54 Å². The first kappa shape index (κ1) is 12.4. The van der Waals surface area contributed by atoms with E-state index in [0.29, 0.717) is 0 Å². The lowest BCUT2D eigenvalue weighted by Crippen LogP contribution is -2.28. The summed E-state index contributed by atoms with van der Waals surface area (Å²) in [6.07, 6.45) is 0. The molecule has 2 aromatic rings. The van der Waals surface area contributed by atoms with Gasteiger partial charge in [-0.05, 0) is 30.7 Å². The quantitative estimate of drug-likeness (QED) is 0.844. The topological polar surface area (TPSA) is 29.3 Å². The largest absolute Gasteiger partial charge is 0.399 e. The van der Waals surface area contributed by atoms with E-state index in [0.717, 1.165) is 24.5 Å². The minimum atomic E-state index is 0.843. The number of aryl methyl sites for hydroxylation is 1. The maximum atomic E-state index is 5.93. The van der Waals surface area contributed by atoms with Crippen LogP contribution in [0.15, 0.2) is 47.4 Å². The molecule has 1 aliphatic rings. The molecule has 0 amide bonds. The molecule has 1 heterocycles. The third-order valence-electron chi connectivity index (χ3n) is 3.40. The number of anilines is 2. The van der Waals surface area contributed by atoms with Gasteiger partial charge in [0.1, 0.15) is 0 Å². The fraction of sp³-hybridized carbons (Fsp3) is 0.250. The molecule has 2 nitrogen and oxygen atoms in total. The zero-order valence-electron chi connectivity index (χ0n) is 11.1. The molecule has 0 saturated carbocycles. The Kier molecular flexibility index (Phi) is 3.38. The molecular weight excluding hydrogens is 252 g/mol. The molecule has 0 unspecified atom stereocenters. The van der Waals surface area contributed by atoms with Gasteiger partial charge < -0.3 is 10.6 Å². The molecule has 98 valence electrons. The van der Waals surface area contributed by atoms with Crippen LogP contribution in [0.25, 0.3) is 0 Å². The van der Waals surface area contributed by atoms with Crippen LogP contribution in [0.1, 0.15) is 11.1 Å². The fourth-order valence-corrected chi connectivity index (χ4v) is 3.52. The zero-order chi connectivity index (χ0) is 13.2. The predicted molar refractivity (Wildman–Crippen MR) is 83.8 cm³/mol. The standard InChI is InChI=1S/C16H18N2S/c1-12-3-2-4-13(9-12)11-18-7-8-19-16-6-5-14(17)10-15(16)18/h2-6,9-10H,7-8,11,17H2,1H3. The summed E-state index contributed by atoms with van der Waals surface area (Å²) in [6.45, 7) is 4.18. The molecule has 0 fully saturated rings. The van der Waals surface area contributed by atoms with Crippen LogP contribution < -0.4 is 10.6 Å². The third-order valence-corrected chi connectivity index (χ3v) is 4.44. The summed E-state index contributed by atoms with van der Waals surface area (Å²) < 4.78 is 0. The van der Waals surface area contributed by atoms with E-state index in [-0.39, 0.29) is 0 Å². The smallest absolute Gasteiger partial charge is 0.0528 e. The number of fused-ring (bicyclic) bond motifs is 1. The molecule has 0 spiro atoms. The molecule has 2 N–H and O–H groups in total. The van der Waals surface area contributed by atoms with Crippen LogP contribution in [0.4, 0.5) is 11.4 Å². The number of rotatable bonds is 2. The van der Waals surface area contributed by atoms with Gasteiger partial charge in [-0.2, -0.15) is 0 Å². The Morgan fingerprint density at radius 3 is 2.95 bits per heavy atom. The van der Waals surface area contributed by atoms with Gasteiger partial charge in [-0.15, -0.1) is 11.8 Å². The number of thioether (sulfide) groups is 1. The highest BCUT2D eigenvalue weighted by molar-refractivity contribution is 7.99. The van der Waals surface area contributed by atoms with Crippen molar-refractivity contribution in [2.45, 2.75) is 18.4 Å². The monoisotopic (exact) mass is 270 g/mol. The summed E-state index contributed by atoms with van der Waals surface area (Å²) in [5.41, 5.74) is 10.7. The van der Waals surface area contributed by atoms with E-state index in [1.165, 1.54) is 21.7 Å². The average molecular weight is 270 g/mol. The molecule has 0 radical (unpaired) electrons. The number of nitrogens with two attached hydrogens (primary N) is 1. The van der Waals surface area contributed by atoms with E-state index in [4.69, 9.17) is 5.73 Å². The van der Waals surface area contributed by atoms with E-state index in [1.54, 1.807) is 0 Å². The minimum absolute atomic E-state index is 0.843. The highest BCUT2D eigenvalue weighted by Gasteiger charge is 2.17. The van der Waals surface area contributed by atoms with Crippen LogP contribution in [0.5, 0.6) is 0 Å². The van der Waals surface area contributed by atoms with Crippen molar-refractivity contribution in [3.8, 4) is 0 Å². The molecule has 0 aromatic heterocycles. The number of benzene rings is 2. The average Bonchev–Trinajstić information content (AvgIpc) is 2.39. The minimum Gasteiger partial charge on any atom is -0.399 e. The number of hydrogen-bond donors (Lipinski definition) is 1. The molecule has 0 bridgehead atoms. The predicted octanol–water partition coefficient (Wildman–Crippen LogP) is 3.69. The van der Waals surface area contributed by atoms with Crippen molar-refractivity contribution in [2.24, 2.45) is 0 Å². The summed E-state index contributed by atoms with van der Waals surface area (Å²) >= 11 is 1.92. The van der Waals surface area contributed by atoms with E-state index < -0.39 is 0 Å². The Morgan fingerprint density at radius 2 is 2.11 bits per heavy atom. The maximum absolute atomic E-state index is 5.93. The lowest BCUT2D eigenvalue weighted by Gasteiger charge is -2.31. The van der Waals surface area contributed by atoms with Gasteiger partial charge in [-0.25, -0.2) is 0 Å². The molecular formula is C16H18N2S. The normalized spacial score (nSPS) is 14.3. The summed E-state index contributed by atoms with van der Waals surface area (Å²) in [5.74, 6) is 1.14. The van der Waals surface area contributed by atoms with Crippen LogP contribution in [-0.4, -0.2) is 12.3 Å². The Bertz CT molecular complexity index is 595. The Balaban J connectivity index is 1.89. The van der Waals surface area contributed by atoms with E-state index in [2.05, 4.69) is 48.2 Å². The number of nitrogen functional groups attached to an aromatic ring is 1. The van der Waals surface area contributed by atoms with Gasteiger partial charge in [0.2, 0.25) is 0 Å². The number of nitrogens with zero attached hydrogens (tertiary/aromatic N) is 1. The summed E-state index contributed by atoms with van der Waals surface area (Å²) in [6, 6.07) is 14.9. The van der Waals surface area contributed by atoms with Gasteiger partial charge in [0.05, 0.1) is 5.69 Å². The van der Waals surface area contributed by atoms with Crippen molar-refractivity contribution in [3.05, 3.63) is 53.6 Å². The van der Waals surface area contributed by atoms with Crippen LogP contribution in [0.2, 0.25) is 0 Å². The van der Waals surface area contributed by atoms with Crippen LogP contribution in [0.3, 0.4) is 0 Å². The van der Waals surface area contributed by atoms with Crippen molar-refractivity contribution in [2.75, 3.05) is 22.9 Å². The molecule has 3 rings (SSSR count). The molecule has 0 atom stereocenters. The first-order valence-corrected chi connectivity index (χ1v) is 7.54. The van der Waals surface area contributed by atoms with Crippen molar-refractivity contribution in [1.82, 2.24) is 0 Å². The zero-order valence-corrected chi connectivity index (χ0v) is 11.9. The molecule has 2 aromatic carbocycles. The Hall–Kier alpha value is -1.61. The van der Waals surface area contributed by atoms with Crippen LogP contribution in [0, 0.1) is 6.92 Å². The maximum Gasteiger partial charge on any atom is 0.0528 e. The molecule has 3 heteroatoms. The third kappa shape index (κ3) is 2.71. The first-order valence-electron chi connectivity index (χ1n) is 6.55. The first-order chi connectivity index (χ1) is 9.22. The fourth-order valence-electron chi connectivity index (χ4n) is 2.48. The number of hydrogen-bond acceptors (Lipinski definition) is 3. The lowest BCUT2D eigenvalue weighted by molar-refractivity contribution is 0.817. The van der Waals surface area contributed by atoms with Gasteiger partial charge in [0.15, 0.2) is 0 Å². The second-order valence-corrected chi connectivity index (χ2v) is 6.12. The highest BCUT2D eigenvalue weighted by Crippen LogP contribution is 2.36. The molecule has 0 aliphatic carbocycles. The second kappa shape index (κ2) is 5.17. The van der Waals surface area contributed by atoms with Gasteiger partial charge in [0.25, 0.3) is 0 Å². The summed E-state index contributed by atoms with van der Waals surface area (Å²) in [4.78, 5) is 3.77. The molecule has 1 aliphatic heterocycles. The summed E-state index contributed by atoms with van der Waals surface area (Å²) in [7, 11) is 0. The van der Waals surface area contributed by atoms with E-state index >= 15 is 0 Å². The Morgan fingerprint density at radius 1 is 1.21 bits per heavy atom. The molecule has 19 heavy (non-hydrogen) atoms. The van der Waals surface area contributed by atoms with Crippen molar-refractivity contribution in [1.29, 1.82) is 0 Å². The van der Waals surface area contributed by atoms with Crippen molar-refractivity contribution < 1.29 is 0 Å². The summed E-state index contributed by atoms with van der Waals surface area (Å²) in [5, 5.41) is 0. The van der Waals surface area contributed by atoms with Crippen LogP contribution >= 0.6 is 11.8 Å². The van der Waals surface area contributed by atoms with Gasteiger partial charge >= 0.3 is 0 Å².